The summed E-state index contributed by atoms with van der Waals surface area (Å²) in [5.41, 5.74) is 9.56. The van der Waals surface area contributed by atoms with Gasteiger partial charge in [-0.2, -0.15) is 10.4 Å². The minimum Gasteiger partial charge on any atom is -0.355 e. The summed E-state index contributed by atoms with van der Waals surface area (Å²) in [5.74, 6) is 1.22. The van der Waals surface area contributed by atoms with Crippen molar-refractivity contribution in [3.63, 3.8) is 0 Å². The van der Waals surface area contributed by atoms with Gasteiger partial charge in [0.25, 0.3) is 0 Å². The molecule has 9 heteroatoms. The number of nitrogens with two attached hydrogens (primary N) is 1. The first kappa shape index (κ1) is 21.0. The van der Waals surface area contributed by atoms with Crippen LogP contribution in [0.5, 0.6) is 0 Å². The summed E-state index contributed by atoms with van der Waals surface area (Å²) in [6.45, 7) is 1.98. The number of anilines is 1. The normalized spacial score (nSPS) is 23.5. The molecule has 1 saturated carbocycles. The molecule has 2 aromatic heterocycles. The van der Waals surface area contributed by atoms with Crippen LogP contribution in [0.2, 0.25) is 5.02 Å². The molecule has 2 aromatic carbocycles. The number of benzene rings is 2. The number of H-pyrrole nitrogens is 1. The maximum Gasteiger partial charge on any atom is 0.177 e. The van der Waals surface area contributed by atoms with Gasteiger partial charge in [0.2, 0.25) is 0 Å². The number of aromatic nitrogens is 4. The first-order valence-corrected chi connectivity index (χ1v) is 11.6. The van der Waals surface area contributed by atoms with Crippen LogP contribution in [0.3, 0.4) is 0 Å². The Morgan fingerprint density at radius 1 is 1.26 bits per heavy atom. The summed E-state index contributed by atoms with van der Waals surface area (Å²) in [4.78, 5) is 11.6. The summed E-state index contributed by atoms with van der Waals surface area (Å²) < 4.78 is 14.6. The molecule has 7 nitrogen and oxygen atoms in total. The van der Waals surface area contributed by atoms with Gasteiger partial charge in [-0.15, -0.1) is 0 Å². The van der Waals surface area contributed by atoms with Crippen molar-refractivity contribution in [1.29, 1.82) is 5.26 Å². The van der Waals surface area contributed by atoms with Gasteiger partial charge in [0, 0.05) is 30.6 Å². The van der Waals surface area contributed by atoms with Crippen LogP contribution in [-0.4, -0.2) is 39.8 Å². The minimum absolute atomic E-state index is 0.179. The number of piperidine rings is 1. The molecular formula is C25H21ClFN7. The fourth-order valence-electron chi connectivity index (χ4n) is 5.75. The van der Waals surface area contributed by atoms with Crippen molar-refractivity contribution >= 4 is 28.6 Å². The van der Waals surface area contributed by atoms with E-state index in [-0.39, 0.29) is 17.2 Å². The molecule has 3 heterocycles. The van der Waals surface area contributed by atoms with E-state index in [4.69, 9.17) is 27.6 Å². The van der Waals surface area contributed by atoms with E-state index >= 15 is 0 Å². The van der Waals surface area contributed by atoms with Crippen LogP contribution in [0.1, 0.15) is 17.5 Å². The lowest BCUT2D eigenvalue weighted by Crippen LogP contribution is -2.32. The zero-order valence-corrected chi connectivity index (χ0v) is 18.9. The van der Waals surface area contributed by atoms with Gasteiger partial charge in [-0.05, 0) is 48.1 Å². The van der Waals surface area contributed by atoms with Gasteiger partial charge in [-0.25, -0.2) is 14.4 Å². The number of rotatable bonds is 4. The zero-order valence-electron chi connectivity index (χ0n) is 18.2. The highest BCUT2D eigenvalue weighted by Crippen LogP contribution is 2.63. The average molecular weight is 474 g/mol. The lowest BCUT2D eigenvalue weighted by atomic mass is 9.91. The smallest absolute Gasteiger partial charge is 0.177 e. The molecule has 3 atom stereocenters. The van der Waals surface area contributed by atoms with Crippen molar-refractivity contribution in [1.82, 2.24) is 20.2 Å². The van der Waals surface area contributed by atoms with Crippen molar-refractivity contribution in [2.45, 2.75) is 11.8 Å². The van der Waals surface area contributed by atoms with Crippen LogP contribution in [-0.2, 0) is 5.41 Å². The molecule has 0 unspecified atom stereocenters. The molecular weight excluding hydrogens is 453 g/mol. The van der Waals surface area contributed by atoms with E-state index in [0.29, 0.717) is 45.5 Å². The SMILES string of the molecule is N#Cc1ccc(-c2n[nH]c3nc(N4CC[C@@H]5[C@H](C4)[C@@]5(CN)c4ccccc4F)cnc23)c(Cl)c1. The Morgan fingerprint density at radius 2 is 2.12 bits per heavy atom. The van der Waals surface area contributed by atoms with E-state index in [9.17, 15) is 4.39 Å². The van der Waals surface area contributed by atoms with E-state index < -0.39 is 0 Å². The molecule has 170 valence electrons. The standard InChI is InChI=1S/C25H21ClFN7/c26-19-9-14(10-28)5-6-15(19)22-23-24(33-32-22)31-21(11-30-23)34-8-7-16-18(12-34)25(16,13-29)17-3-1-2-4-20(17)27/h1-6,9,11,16,18H,7-8,12-13,29H2,(H,31,32,33)/t16-,18+,25-/m1/s1. The number of aromatic amines is 1. The maximum absolute atomic E-state index is 14.6. The number of halogens is 2. The largest absolute Gasteiger partial charge is 0.355 e. The summed E-state index contributed by atoms with van der Waals surface area (Å²) in [7, 11) is 0. The van der Waals surface area contributed by atoms with E-state index in [1.807, 2.05) is 12.1 Å². The van der Waals surface area contributed by atoms with Crippen molar-refractivity contribution in [2.24, 2.45) is 17.6 Å². The molecule has 1 saturated heterocycles. The van der Waals surface area contributed by atoms with E-state index in [2.05, 4.69) is 26.2 Å². The number of hydrogen-bond acceptors (Lipinski definition) is 6. The van der Waals surface area contributed by atoms with E-state index in [0.717, 1.165) is 30.9 Å². The summed E-state index contributed by atoms with van der Waals surface area (Å²) >= 11 is 6.38. The predicted molar refractivity (Wildman–Crippen MR) is 128 cm³/mol. The van der Waals surface area contributed by atoms with Gasteiger partial charge >= 0.3 is 0 Å². The van der Waals surface area contributed by atoms with Crippen molar-refractivity contribution in [3.8, 4) is 17.3 Å². The molecule has 4 aromatic rings. The van der Waals surface area contributed by atoms with E-state index in [1.54, 1.807) is 30.5 Å². The Balaban J connectivity index is 1.29. The molecule has 0 radical (unpaired) electrons. The molecule has 0 amide bonds. The quantitative estimate of drug-likeness (QED) is 0.463. The van der Waals surface area contributed by atoms with E-state index in [1.165, 1.54) is 6.07 Å². The molecule has 3 N–H and O–H groups in total. The average Bonchev–Trinajstić information content (AvgIpc) is 3.33. The fraction of sp³-hybridized carbons (Fsp3) is 0.280. The Kier molecular flexibility index (Phi) is 4.80. The second kappa shape index (κ2) is 7.76. The fourth-order valence-corrected chi connectivity index (χ4v) is 6.02. The van der Waals surface area contributed by atoms with Gasteiger partial charge in [0.1, 0.15) is 22.8 Å². The Morgan fingerprint density at radius 3 is 2.88 bits per heavy atom. The maximum atomic E-state index is 14.6. The molecule has 2 aliphatic rings. The van der Waals surface area contributed by atoms with Crippen LogP contribution in [0.25, 0.3) is 22.4 Å². The van der Waals surface area contributed by atoms with Crippen molar-refractivity contribution in [2.75, 3.05) is 24.5 Å². The van der Waals surface area contributed by atoms with Crippen molar-refractivity contribution < 1.29 is 4.39 Å². The molecule has 6 rings (SSSR count). The Bertz CT molecular complexity index is 1460. The lowest BCUT2D eigenvalue weighted by molar-refractivity contribution is 0.533. The number of nitrogens with zero attached hydrogens (tertiary/aromatic N) is 5. The first-order valence-electron chi connectivity index (χ1n) is 11.2. The van der Waals surface area contributed by atoms with Crippen LogP contribution in [0.4, 0.5) is 10.2 Å². The van der Waals surface area contributed by atoms with Gasteiger partial charge in [0.15, 0.2) is 5.65 Å². The number of fused-ring (bicyclic) bond motifs is 2. The zero-order chi connectivity index (χ0) is 23.4. The van der Waals surface area contributed by atoms with Crippen LogP contribution in [0, 0.1) is 29.0 Å². The highest BCUT2D eigenvalue weighted by Gasteiger charge is 2.66. The summed E-state index contributed by atoms with van der Waals surface area (Å²) in [5, 5.41) is 16.8. The molecule has 2 fully saturated rings. The molecule has 34 heavy (non-hydrogen) atoms. The number of hydrogen-bond donors (Lipinski definition) is 2. The highest BCUT2D eigenvalue weighted by atomic mass is 35.5. The lowest BCUT2D eigenvalue weighted by Gasteiger charge is -2.26. The summed E-state index contributed by atoms with van der Waals surface area (Å²) in [6.07, 6.45) is 2.67. The van der Waals surface area contributed by atoms with Gasteiger partial charge in [-0.1, -0.05) is 29.8 Å². The molecule has 0 spiro atoms. The van der Waals surface area contributed by atoms with Gasteiger partial charge in [0.05, 0.1) is 22.9 Å². The molecule has 1 aliphatic heterocycles. The highest BCUT2D eigenvalue weighted by molar-refractivity contribution is 6.33. The third kappa shape index (κ3) is 3.01. The second-order valence-corrected chi connectivity index (χ2v) is 9.38. The Labute approximate surface area is 200 Å². The number of nitrogens with one attached hydrogen (secondary N) is 1. The monoisotopic (exact) mass is 473 g/mol. The van der Waals surface area contributed by atoms with Gasteiger partial charge < -0.3 is 10.6 Å². The topological polar surface area (TPSA) is 108 Å². The number of nitriles is 1. The van der Waals surface area contributed by atoms with Crippen LogP contribution in [0.15, 0.2) is 48.7 Å². The van der Waals surface area contributed by atoms with Crippen LogP contribution >= 0.6 is 11.6 Å². The minimum atomic E-state index is -0.314. The predicted octanol–water partition coefficient (Wildman–Crippen LogP) is 4.04. The third-order valence-electron chi connectivity index (χ3n) is 7.48. The first-order chi connectivity index (χ1) is 16.6. The van der Waals surface area contributed by atoms with Gasteiger partial charge in [-0.3, -0.25) is 5.10 Å². The third-order valence-corrected chi connectivity index (χ3v) is 7.79. The van der Waals surface area contributed by atoms with Crippen molar-refractivity contribution in [3.05, 3.63) is 70.6 Å². The van der Waals surface area contributed by atoms with Crippen LogP contribution < -0.4 is 10.6 Å². The Hall–Kier alpha value is -3.54. The second-order valence-electron chi connectivity index (χ2n) is 8.98. The molecule has 1 aliphatic carbocycles. The molecule has 0 bridgehead atoms. The summed E-state index contributed by atoms with van der Waals surface area (Å²) in [6, 6.07) is 14.1.